The van der Waals surface area contributed by atoms with Gasteiger partial charge in [-0.15, -0.1) is 10.2 Å². The van der Waals surface area contributed by atoms with Crippen LogP contribution in [-0.2, 0) is 6.54 Å². The van der Waals surface area contributed by atoms with Gasteiger partial charge in [-0.2, -0.15) is 0 Å². The number of fused-ring (bicyclic) bond motifs is 1. The van der Waals surface area contributed by atoms with Crippen molar-refractivity contribution < 1.29 is 14.2 Å². The highest BCUT2D eigenvalue weighted by Gasteiger charge is 2.17. The van der Waals surface area contributed by atoms with Crippen LogP contribution in [0.2, 0.25) is 0 Å². The topological polar surface area (TPSA) is 58.4 Å². The van der Waals surface area contributed by atoms with E-state index in [1.807, 2.05) is 48.5 Å². The van der Waals surface area contributed by atoms with Crippen LogP contribution in [0.15, 0.2) is 53.7 Å². The summed E-state index contributed by atoms with van der Waals surface area (Å²) in [4.78, 5) is 0. The fraction of sp³-hybridized carbons (Fsp3) is 0.300. The van der Waals surface area contributed by atoms with Crippen molar-refractivity contribution in [2.24, 2.45) is 0 Å². The van der Waals surface area contributed by atoms with Gasteiger partial charge in [-0.25, -0.2) is 0 Å². The van der Waals surface area contributed by atoms with Crippen molar-refractivity contribution in [1.29, 1.82) is 0 Å². The zero-order chi connectivity index (χ0) is 18.5. The number of ether oxygens (including phenoxy) is 3. The molecule has 1 aliphatic heterocycles. The molecule has 0 unspecified atom stereocenters. The molecule has 1 aromatic heterocycles. The molecule has 0 aliphatic carbocycles. The van der Waals surface area contributed by atoms with Gasteiger partial charge in [0.1, 0.15) is 19.0 Å². The Labute approximate surface area is 162 Å². The van der Waals surface area contributed by atoms with Crippen LogP contribution in [0.5, 0.6) is 17.2 Å². The van der Waals surface area contributed by atoms with Crippen LogP contribution in [0.25, 0.3) is 11.4 Å². The summed E-state index contributed by atoms with van der Waals surface area (Å²) in [7, 11) is 0. The van der Waals surface area contributed by atoms with Crippen molar-refractivity contribution >= 4 is 11.8 Å². The largest absolute Gasteiger partial charge is 0.493 e. The molecule has 2 aromatic carbocycles. The minimum absolute atomic E-state index is 0.569. The molecule has 4 rings (SSSR count). The Balaban J connectivity index is 1.44. The van der Waals surface area contributed by atoms with Crippen LogP contribution < -0.4 is 14.2 Å². The normalized spacial score (nSPS) is 12.8. The number of thioether (sulfide) groups is 1. The van der Waals surface area contributed by atoms with Gasteiger partial charge in [0.05, 0.1) is 6.61 Å². The quantitative estimate of drug-likeness (QED) is 0.455. The lowest BCUT2D eigenvalue weighted by atomic mass is 10.2. The van der Waals surface area contributed by atoms with E-state index in [4.69, 9.17) is 14.2 Å². The van der Waals surface area contributed by atoms with Gasteiger partial charge in [-0.3, -0.25) is 0 Å². The van der Waals surface area contributed by atoms with E-state index >= 15 is 0 Å². The maximum absolute atomic E-state index is 5.75. The summed E-state index contributed by atoms with van der Waals surface area (Å²) in [5, 5.41) is 9.65. The molecular formula is C20H21N3O3S. The smallest absolute Gasteiger partial charge is 0.191 e. The van der Waals surface area contributed by atoms with E-state index in [0.717, 1.165) is 46.1 Å². The zero-order valence-electron chi connectivity index (χ0n) is 15.1. The Morgan fingerprint density at radius 3 is 2.67 bits per heavy atom. The number of benzene rings is 2. The van der Waals surface area contributed by atoms with Gasteiger partial charge in [-0.05, 0) is 37.3 Å². The second kappa shape index (κ2) is 8.35. The summed E-state index contributed by atoms with van der Waals surface area (Å²) < 4.78 is 19.1. The Bertz CT molecular complexity index is 899. The molecule has 1 aliphatic rings. The first kappa shape index (κ1) is 17.7. The zero-order valence-corrected chi connectivity index (χ0v) is 15.9. The van der Waals surface area contributed by atoms with Gasteiger partial charge in [0.25, 0.3) is 0 Å². The predicted octanol–water partition coefficient (Wildman–Crippen LogP) is 3.91. The lowest BCUT2D eigenvalue weighted by Crippen LogP contribution is -2.15. The van der Waals surface area contributed by atoms with E-state index < -0.39 is 0 Å². The summed E-state index contributed by atoms with van der Waals surface area (Å²) >= 11 is 1.64. The molecule has 0 radical (unpaired) electrons. The molecule has 0 N–H and O–H groups in total. The number of aromatic nitrogens is 3. The van der Waals surface area contributed by atoms with E-state index in [1.165, 1.54) is 0 Å². The van der Waals surface area contributed by atoms with E-state index in [1.54, 1.807) is 11.8 Å². The monoisotopic (exact) mass is 383 g/mol. The van der Waals surface area contributed by atoms with Crippen LogP contribution in [0.3, 0.4) is 0 Å². The summed E-state index contributed by atoms with van der Waals surface area (Å²) in [6.07, 6.45) is 0. The number of hydrogen-bond acceptors (Lipinski definition) is 6. The van der Waals surface area contributed by atoms with E-state index in [9.17, 15) is 0 Å². The van der Waals surface area contributed by atoms with Crippen LogP contribution in [-0.4, -0.2) is 40.3 Å². The second-order valence-corrected chi connectivity index (χ2v) is 6.98. The van der Waals surface area contributed by atoms with Gasteiger partial charge >= 0.3 is 0 Å². The fourth-order valence-electron chi connectivity index (χ4n) is 2.89. The first-order valence-electron chi connectivity index (χ1n) is 8.99. The molecule has 2 heterocycles. The van der Waals surface area contributed by atoms with Crippen molar-refractivity contribution in [3.05, 3.63) is 48.5 Å². The van der Waals surface area contributed by atoms with E-state index in [0.29, 0.717) is 19.8 Å². The third-order valence-corrected chi connectivity index (χ3v) is 5.09. The number of hydrogen-bond donors (Lipinski definition) is 0. The van der Waals surface area contributed by atoms with Gasteiger partial charge in [0, 0.05) is 17.9 Å². The molecule has 7 heteroatoms. The second-order valence-electron chi connectivity index (χ2n) is 5.92. The third-order valence-electron chi connectivity index (χ3n) is 4.16. The number of para-hydroxylation sites is 1. The molecule has 0 bridgehead atoms. The third kappa shape index (κ3) is 4.03. The number of nitrogens with zero attached hydrogens (tertiary/aromatic N) is 3. The van der Waals surface area contributed by atoms with Crippen molar-refractivity contribution in [1.82, 2.24) is 14.8 Å². The van der Waals surface area contributed by atoms with Crippen molar-refractivity contribution in [2.45, 2.75) is 18.6 Å². The molecule has 0 amide bonds. The van der Waals surface area contributed by atoms with Crippen molar-refractivity contribution in [3.63, 3.8) is 0 Å². The van der Waals surface area contributed by atoms with Gasteiger partial charge in [-0.1, -0.05) is 30.0 Å². The van der Waals surface area contributed by atoms with Gasteiger partial charge in [0.2, 0.25) is 0 Å². The van der Waals surface area contributed by atoms with E-state index in [-0.39, 0.29) is 0 Å². The number of rotatable bonds is 7. The fourth-order valence-corrected chi connectivity index (χ4v) is 3.70. The van der Waals surface area contributed by atoms with Crippen LogP contribution >= 0.6 is 11.8 Å². The highest BCUT2D eigenvalue weighted by atomic mass is 32.2. The average Bonchev–Trinajstić information content (AvgIpc) is 3.14. The minimum Gasteiger partial charge on any atom is -0.493 e. The first-order chi connectivity index (χ1) is 13.3. The summed E-state index contributed by atoms with van der Waals surface area (Å²) in [6, 6.07) is 15.7. The Hall–Kier alpha value is -2.67. The molecule has 6 nitrogen and oxygen atoms in total. The molecule has 0 atom stereocenters. The van der Waals surface area contributed by atoms with E-state index in [2.05, 4.69) is 21.7 Å². The Morgan fingerprint density at radius 2 is 1.85 bits per heavy atom. The summed E-state index contributed by atoms with van der Waals surface area (Å²) in [5.74, 6) is 4.05. The molecular weight excluding hydrogens is 362 g/mol. The first-order valence-corrected chi connectivity index (χ1v) is 9.97. The summed E-state index contributed by atoms with van der Waals surface area (Å²) in [6.45, 7) is 4.65. The Morgan fingerprint density at radius 1 is 1.04 bits per heavy atom. The standard InChI is InChI=1S/C20H21N3O3S/c1-2-23-19(15-8-9-17-18(14-15)26-11-10-25-17)21-22-20(23)27-13-12-24-16-6-4-3-5-7-16/h3-9,14H,2,10-13H2,1H3. The predicted molar refractivity (Wildman–Crippen MR) is 105 cm³/mol. The molecule has 140 valence electrons. The van der Waals surface area contributed by atoms with Gasteiger partial charge in [0.15, 0.2) is 22.5 Å². The molecule has 0 saturated carbocycles. The highest BCUT2D eigenvalue weighted by molar-refractivity contribution is 7.99. The van der Waals surface area contributed by atoms with Gasteiger partial charge < -0.3 is 18.8 Å². The molecule has 0 spiro atoms. The van der Waals surface area contributed by atoms with Crippen LogP contribution in [0.1, 0.15) is 6.92 Å². The minimum atomic E-state index is 0.569. The highest BCUT2D eigenvalue weighted by Crippen LogP contribution is 2.34. The van der Waals surface area contributed by atoms with Crippen molar-refractivity contribution in [3.8, 4) is 28.6 Å². The van der Waals surface area contributed by atoms with Crippen LogP contribution in [0.4, 0.5) is 0 Å². The SMILES string of the molecule is CCn1c(SCCOc2ccccc2)nnc1-c1ccc2c(c1)OCCO2. The molecule has 3 aromatic rings. The lowest BCUT2D eigenvalue weighted by molar-refractivity contribution is 0.171. The lowest BCUT2D eigenvalue weighted by Gasteiger charge is -2.18. The molecule has 0 fully saturated rings. The Kier molecular flexibility index (Phi) is 5.48. The molecule has 0 saturated heterocycles. The summed E-state index contributed by atoms with van der Waals surface area (Å²) in [5.41, 5.74) is 0.973. The van der Waals surface area contributed by atoms with Crippen LogP contribution in [0, 0.1) is 0 Å². The molecule has 27 heavy (non-hydrogen) atoms. The maximum atomic E-state index is 5.75. The average molecular weight is 383 g/mol. The maximum Gasteiger partial charge on any atom is 0.191 e. The van der Waals surface area contributed by atoms with Crippen molar-refractivity contribution in [2.75, 3.05) is 25.6 Å².